The van der Waals surface area contributed by atoms with Gasteiger partial charge in [0.1, 0.15) is 5.76 Å². The van der Waals surface area contributed by atoms with Gasteiger partial charge >= 0.3 is 0 Å². The molecule has 0 aliphatic carbocycles. The van der Waals surface area contributed by atoms with Crippen molar-refractivity contribution in [2.45, 2.75) is 13.8 Å². The average molecular weight is 167 g/mol. The standard InChI is InChI=1S/C10H17NO/c1-6-7-10(12-5)8(2)9(3)11-4/h6-7,11H,3H2,1-2,4-5H3/b7-6-,10-8+. The highest BCUT2D eigenvalue weighted by Gasteiger charge is 2.00. The zero-order valence-corrected chi connectivity index (χ0v) is 8.27. The number of allylic oxidation sites excluding steroid dienone is 3. The molecule has 0 aliphatic heterocycles. The number of hydrogen-bond donors (Lipinski definition) is 1. The van der Waals surface area contributed by atoms with E-state index in [2.05, 4.69) is 11.9 Å². The van der Waals surface area contributed by atoms with Crippen molar-refractivity contribution >= 4 is 0 Å². The smallest absolute Gasteiger partial charge is 0.123 e. The maximum atomic E-state index is 5.17. The maximum Gasteiger partial charge on any atom is 0.123 e. The molecule has 0 aliphatic rings. The first-order valence-electron chi connectivity index (χ1n) is 3.92. The summed E-state index contributed by atoms with van der Waals surface area (Å²) in [4.78, 5) is 0. The SMILES string of the molecule is C=C(NC)/C(C)=C(\C=C/C)OC. The monoisotopic (exact) mass is 167 g/mol. The first-order chi connectivity index (χ1) is 5.67. The largest absolute Gasteiger partial charge is 0.496 e. The molecule has 68 valence electrons. The van der Waals surface area contributed by atoms with Crippen LogP contribution in [0.15, 0.2) is 35.8 Å². The first-order valence-corrected chi connectivity index (χ1v) is 3.92. The van der Waals surface area contributed by atoms with Crippen LogP contribution < -0.4 is 5.32 Å². The molecule has 0 aromatic rings. The third-order valence-electron chi connectivity index (χ3n) is 1.66. The summed E-state index contributed by atoms with van der Waals surface area (Å²) >= 11 is 0. The Labute approximate surface area is 74.6 Å². The Kier molecular flexibility index (Phi) is 4.93. The van der Waals surface area contributed by atoms with Crippen molar-refractivity contribution in [2.24, 2.45) is 0 Å². The average Bonchev–Trinajstić information content (AvgIpc) is 2.11. The molecular formula is C10H17NO. The molecule has 0 unspecified atom stereocenters. The molecule has 0 spiro atoms. The highest BCUT2D eigenvalue weighted by atomic mass is 16.5. The van der Waals surface area contributed by atoms with Gasteiger partial charge in [-0.05, 0) is 19.9 Å². The van der Waals surface area contributed by atoms with Crippen LogP contribution in [0.3, 0.4) is 0 Å². The lowest BCUT2D eigenvalue weighted by Gasteiger charge is -2.09. The van der Waals surface area contributed by atoms with Gasteiger partial charge in [0.2, 0.25) is 0 Å². The minimum absolute atomic E-state index is 0.844. The van der Waals surface area contributed by atoms with Crippen LogP contribution in [0.5, 0.6) is 0 Å². The van der Waals surface area contributed by atoms with E-state index in [0.29, 0.717) is 0 Å². The van der Waals surface area contributed by atoms with Crippen LogP contribution in [0.1, 0.15) is 13.8 Å². The number of hydrogen-bond acceptors (Lipinski definition) is 2. The van der Waals surface area contributed by atoms with Gasteiger partial charge in [-0.3, -0.25) is 0 Å². The van der Waals surface area contributed by atoms with Gasteiger partial charge in [-0.2, -0.15) is 0 Å². The minimum atomic E-state index is 0.844. The molecule has 12 heavy (non-hydrogen) atoms. The van der Waals surface area contributed by atoms with Crippen LogP contribution in [0, 0.1) is 0 Å². The molecule has 0 aromatic heterocycles. The van der Waals surface area contributed by atoms with Gasteiger partial charge in [0.25, 0.3) is 0 Å². The van der Waals surface area contributed by atoms with Crippen molar-refractivity contribution in [1.82, 2.24) is 5.32 Å². The van der Waals surface area contributed by atoms with Gasteiger partial charge in [0.15, 0.2) is 0 Å². The summed E-state index contributed by atoms with van der Waals surface area (Å²) in [5, 5.41) is 2.97. The number of nitrogens with one attached hydrogen (secondary N) is 1. The second-order valence-corrected chi connectivity index (χ2v) is 2.42. The molecule has 2 heteroatoms. The van der Waals surface area contributed by atoms with Crippen molar-refractivity contribution in [1.29, 1.82) is 0 Å². The third-order valence-corrected chi connectivity index (χ3v) is 1.66. The molecule has 0 bridgehead atoms. The van der Waals surface area contributed by atoms with E-state index in [0.717, 1.165) is 17.0 Å². The van der Waals surface area contributed by atoms with Crippen LogP contribution in [0.4, 0.5) is 0 Å². The predicted molar refractivity (Wildman–Crippen MR) is 52.7 cm³/mol. The van der Waals surface area contributed by atoms with E-state index in [9.17, 15) is 0 Å². The van der Waals surface area contributed by atoms with Gasteiger partial charge in [-0.25, -0.2) is 0 Å². The molecular weight excluding hydrogens is 150 g/mol. The fourth-order valence-electron chi connectivity index (χ4n) is 0.834. The van der Waals surface area contributed by atoms with Crippen LogP contribution >= 0.6 is 0 Å². The molecule has 0 amide bonds. The van der Waals surface area contributed by atoms with Gasteiger partial charge in [-0.15, -0.1) is 0 Å². The van der Waals surface area contributed by atoms with E-state index < -0.39 is 0 Å². The Morgan fingerprint density at radius 1 is 1.50 bits per heavy atom. The Bertz CT molecular complexity index is 214. The van der Waals surface area contributed by atoms with Crippen molar-refractivity contribution in [2.75, 3.05) is 14.2 Å². The van der Waals surface area contributed by atoms with Crippen LogP contribution in [0.25, 0.3) is 0 Å². The van der Waals surface area contributed by atoms with Crippen molar-refractivity contribution < 1.29 is 4.74 Å². The lowest BCUT2D eigenvalue weighted by atomic mass is 10.2. The van der Waals surface area contributed by atoms with E-state index in [1.54, 1.807) is 7.11 Å². The highest BCUT2D eigenvalue weighted by Crippen LogP contribution is 2.11. The molecule has 0 fully saturated rings. The van der Waals surface area contributed by atoms with Crippen molar-refractivity contribution in [3.63, 3.8) is 0 Å². The Morgan fingerprint density at radius 2 is 2.08 bits per heavy atom. The van der Waals surface area contributed by atoms with E-state index in [1.165, 1.54) is 0 Å². The van der Waals surface area contributed by atoms with Gasteiger partial charge in [0.05, 0.1) is 7.11 Å². The second-order valence-electron chi connectivity index (χ2n) is 2.42. The summed E-state index contributed by atoms with van der Waals surface area (Å²) in [7, 11) is 3.50. The molecule has 0 radical (unpaired) electrons. The minimum Gasteiger partial charge on any atom is -0.496 e. The number of methoxy groups -OCH3 is 1. The molecule has 1 N–H and O–H groups in total. The van der Waals surface area contributed by atoms with Crippen LogP contribution in [-0.2, 0) is 4.74 Å². The fourth-order valence-corrected chi connectivity index (χ4v) is 0.834. The van der Waals surface area contributed by atoms with E-state index in [4.69, 9.17) is 4.74 Å². The van der Waals surface area contributed by atoms with Crippen molar-refractivity contribution in [3.8, 4) is 0 Å². The topological polar surface area (TPSA) is 21.3 Å². The fraction of sp³-hybridized carbons (Fsp3) is 0.400. The zero-order chi connectivity index (χ0) is 9.56. The summed E-state index contributed by atoms with van der Waals surface area (Å²) in [5.41, 5.74) is 1.91. The molecule has 0 aromatic carbocycles. The van der Waals surface area contributed by atoms with Crippen LogP contribution in [-0.4, -0.2) is 14.2 Å². The van der Waals surface area contributed by atoms with Crippen molar-refractivity contribution in [3.05, 3.63) is 35.8 Å². The summed E-state index contributed by atoms with van der Waals surface area (Å²) < 4.78 is 5.17. The zero-order valence-electron chi connectivity index (χ0n) is 8.27. The summed E-state index contributed by atoms with van der Waals surface area (Å²) in [6.07, 6.45) is 3.85. The van der Waals surface area contributed by atoms with Gasteiger partial charge in [0, 0.05) is 18.3 Å². The molecule has 0 atom stereocenters. The number of rotatable bonds is 4. The quantitative estimate of drug-likeness (QED) is 0.512. The van der Waals surface area contributed by atoms with E-state index >= 15 is 0 Å². The summed E-state index contributed by atoms with van der Waals surface area (Å²) in [6, 6.07) is 0. The third kappa shape index (κ3) is 2.82. The summed E-state index contributed by atoms with van der Waals surface area (Å²) in [6.45, 7) is 7.76. The molecule has 0 saturated heterocycles. The predicted octanol–water partition coefficient (Wildman–Crippen LogP) is 2.22. The van der Waals surface area contributed by atoms with Gasteiger partial charge in [-0.1, -0.05) is 12.7 Å². The second kappa shape index (κ2) is 5.47. The lowest BCUT2D eigenvalue weighted by Crippen LogP contribution is -2.07. The summed E-state index contributed by atoms with van der Waals surface area (Å²) in [5.74, 6) is 0.844. The Hall–Kier alpha value is -1.18. The lowest BCUT2D eigenvalue weighted by molar-refractivity contribution is 0.302. The first kappa shape index (κ1) is 10.8. The maximum absolute atomic E-state index is 5.17. The normalized spacial score (nSPS) is 12.7. The molecule has 2 nitrogen and oxygen atoms in total. The number of ether oxygens (including phenoxy) is 1. The molecule has 0 saturated carbocycles. The Morgan fingerprint density at radius 3 is 2.42 bits per heavy atom. The van der Waals surface area contributed by atoms with E-state index in [-0.39, 0.29) is 0 Å². The van der Waals surface area contributed by atoms with Gasteiger partial charge < -0.3 is 10.1 Å². The number of likely N-dealkylation sites (N-methyl/N-ethyl adjacent to an activating group) is 1. The van der Waals surface area contributed by atoms with Crippen LogP contribution in [0.2, 0.25) is 0 Å². The Balaban J connectivity index is 4.70. The molecule has 0 rings (SSSR count). The highest BCUT2D eigenvalue weighted by molar-refractivity contribution is 5.32. The van der Waals surface area contributed by atoms with E-state index in [1.807, 2.05) is 33.0 Å². The molecule has 0 heterocycles.